The van der Waals surface area contributed by atoms with E-state index >= 15 is 0 Å². The minimum atomic E-state index is 0.683. The van der Waals surface area contributed by atoms with Crippen molar-refractivity contribution in [1.82, 2.24) is 0 Å². The van der Waals surface area contributed by atoms with E-state index in [9.17, 15) is 0 Å². The zero-order valence-electron chi connectivity index (χ0n) is 24.8. The highest BCUT2D eigenvalue weighted by atomic mass is 16.5. The normalized spacial score (nSPS) is 9.96. The number of benzene rings is 6. The third-order valence-electron chi connectivity index (χ3n) is 6.34. The third-order valence-corrected chi connectivity index (χ3v) is 6.34. The highest BCUT2D eigenvalue weighted by Crippen LogP contribution is 2.24. The topological polar surface area (TPSA) is 175 Å². The molecule has 0 fully saturated rings. The number of nitrogen functional groups attached to an aromatic ring is 6. The van der Waals surface area contributed by atoms with Crippen LogP contribution in [0.2, 0.25) is 0 Å². The molecule has 0 aromatic heterocycles. The Hall–Kier alpha value is -6.28. The van der Waals surface area contributed by atoms with Crippen LogP contribution in [0.4, 0.5) is 34.1 Å². The molecule has 0 aliphatic heterocycles. The molecule has 8 nitrogen and oxygen atoms in total. The van der Waals surface area contributed by atoms with Gasteiger partial charge in [-0.1, -0.05) is 30.3 Å². The van der Waals surface area contributed by atoms with Gasteiger partial charge in [-0.2, -0.15) is 0 Å². The van der Waals surface area contributed by atoms with Gasteiger partial charge in [0.05, 0.1) is 0 Å². The van der Waals surface area contributed by atoms with Crippen molar-refractivity contribution in [2.75, 3.05) is 34.4 Å². The second-order valence-corrected chi connectivity index (χ2v) is 10.1. The summed E-state index contributed by atoms with van der Waals surface area (Å²) >= 11 is 0. The maximum atomic E-state index is 5.64. The molecular formula is C37H38N6O2. The van der Waals surface area contributed by atoms with Crippen molar-refractivity contribution in [3.63, 3.8) is 0 Å². The van der Waals surface area contributed by atoms with Crippen molar-refractivity contribution in [3.8, 4) is 23.0 Å². The standard InChI is InChI=1S/C13H14N2.2C12H12N2O/c14-12-5-1-10(2-6-12)9-11-3-7-13(15)8-4-11;13-9-1-5-11(6-2-9)15-12-7-3-10(14)4-8-12;13-9-4-6-11(7-5-9)15-12-3-1-2-10(14)8-12/h1-8H,9,14-15H2;2*1-8H,13-14H2. The van der Waals surface area contributed by atoms with Gasteiger partial charge in [-0.25, -0.2) is 0 Å². The molecule has 228 valence electrons. The van der Waals surface area contributed by atoms with Crippen LogP contribution >= 0.6 is 0 Å². The number of ether oxygens (including phenoxy) is 2. The molecule has 0 aliphatic carbocycles. The van der Waals surface area contributed by atoms with E-state index in [0.29, 0.717) is 5.69 Å². The summed E-state index contributed by atoms with van der Waals surface area (Å²) in [4.78, 5) is 0. The molecule has 0 heterocycles. The lowest BCUT2D eigenvalue weighted by Crippen LogP contribution is -1.90. The first-order chi connectivity index (χ1) is 21.7. The Kier molecular flexibility index (Phi) is 11.1. The van der Waals surface area contributed by atoms with Gasteiger partial charge >= 0.3 is 0 Å². The summed E-state index contributed by atoms with van der Waals surface area (Å²) in [5.74, 6) is 2.98. The van der Waals surface area contributed by atoms with E-state index in [2.05, 4.69) is 0 Å². The quantitative estimate of drug-likeness (QED) is 0.106. The maximum Gasteiger partial charge on any atom is 0.129 e. The number of hydrogen-bond acceptors (Lipinski definition) is 8. The number of nitrogens with two attached hydrogens (primary N) is 6. The summed E-state index contributed by atoms with van der Waals surface area (Å²) < 4.78 is 11.2. The SMILES string of the molecule is Nc1ccc(Cc2ccc(N)cc2)cc1.Nc1ccc(Oc2ccc(N)cc2)cc1.Nc1ccc(Oc2cccc(N)c2)cc1. The van der Waals surface area contributed by atoms with Crippen LogP contribution in [0, 0.1) is 0 Å². The Labute approximate surface area is 263 Å². The minimum absolute atomic E-state index is 0.683. The molecule has 12 N–H and O–H groups in total. The molecule has 6 rings (SSSR count). The van der Waals surface area contributed by atoms with E-state index in [1.165, 1.54) is 11.1 Å². The van der Waals surface area contributed by atoms with Crippen molar-refractivity contribution < 1.29 is 9.47 Å². The lowest BCUT2D eigenvalue weighted by Gasteiger charge is -2.06. The Balaban J connectivity index is 0.000000154. The maximum absolute atomic E-state index is 5.64. The molecule has 0 unspecified atom stereocenters. The van der Waals surface area contributed by atoms with Gasteiger partial charge in [0.15, 0.2) is 0 Å². The largest absolute Gasteiger partial charge is 0.457 e. The van der Waals surface area contributed by atoms with Gasteiger partial charge in [-0.15, -0.1) is 0 Å². The highest BCUT2D eigenvalue weighted by molar-refractivity contribution is 5.48. The molecule has 6 aromatic rings. The zero-order valence-corrected chi connectivity index (χ0v) is 24.8. The fourth-order valence-corrected chi connectivity index (χ4v) is 3.96. The van der Waals surface area contributed by atoms with Crippen molar-refractivity contribution in [1.29, 1.82) is 0 Å². The Bertz CT molecular complexity index is 1560. The van der Waals surface area contributed by atoms with Gasteiger partial charge in [-0.3, -0.25) is 0 Å². The van der Waals surface area contributed by atoms with Crippen LogP contribution in [0.15, 0.2) is 146 Å². The summed E-state index contributed by atoms with van der Waals surface area (Å²) in [7, 11) is 0. The monoisotopic (exact) mass is 598 g/mol. The second kappa shape index (κ2) is 15.8. The third kappa shape index (κ3) is 11.1. The Morgan fingerprint density at radius 3 is 0.956 bits per heavy atom. The van der Waals surface area contributed by atoms with Gasteiger partial charge in [0.25, 0.3) is 0 Å². The molecule has 0 atom stereocenters. The first kappa shape index (κ1) is 31.7. The van der Waals surface area contributed by atoms with E-state index in [1.807, 2.05) is 103 Å². The van der Waals surface area contributed by atoms with Crippen molar-refractivity contribution >= 4 is 34.1 Å². The van der Waals surface area contributed by atoms with Gasteiger partial charge in [0, 0.05) is 40.2 Å². The molecule has 0 spiro atoms. The van der Waals surface area contributed by atoms with Gasteiger partial charge in [0.2, 0.25) is 0 Å². The molecule has 45 heavy (non-hydrogen) atoms. The molecule has 0 bridgehead atoms. The van der Waals surface area contributed by atoms with Gasteiger partial charge in [-0.05, 0) is 127 Å². The Morgan fingerprint density at radius 2 is 0.622 bits per heavy atom. The lowest BCUT2D eigenvalue weighted by atomic mass is 10.0. The van der Waals surface area contributed by atoms with Crippen molar-refractivity contribution in [3.05, 3.63) is 157 Å². The number of anilines is 6. The predicted octanol–water partition coefficient (Wildman–Crippen LogP) is 7.73. The first-order valence-corrected chi connectivity index (χ1v) is 14.2. The van der Waals surface area contributed by atoms with E-state index in [0.717, 1.165) is 57.9 Å². The predicted molar refractivity (Wildman–Crippen MR) is 188 cm³/mol. The van der Waals surface area contributed by atoms with Crippen LogP contribution in [-0.2, 0) is 6.42 Å². The van der Waals surface area contributed by atoms with E-state index in [1.54, 1.807) is 42.5 Å². The van der Waals surface area contributed by atoms with E-state index in [-0.39, 0.29) is 0 Å². The summed E-state index contributed by atoms with van der Waals surface area (Å²) in [5, 5.41) is 0. The number of hydrogen-bond donors (Lipinski definition) is 6. The first-order valence-electron chi connectivity index (χ1n) is 14.2. The highest BCUT2D eigenvalue weighted by Gasteiger charge is 1.98. The fourth-order valence-electron chi connectivity index (χ4n) is 3.96. The van der Waals surface area contributed by atoms with Crippen LogP contribution in [-0.4, -0.2) is 0 Å². The van der Waals surface area contributed by atoms with Crippen LogP contribution in [0.1, 0.15) is 11.1 Å². The molecule has 0 amide bonds. The van der Waals surface area contributed by atoms with E-state index in [4.69, 9.17) is 43.9 Å². The minimum Gasteiger partial charge on any atom is -0.457 e. The zero-order chi connectivity index (χ0) is 32.0. The second-order valence-electron chi connectivity index (χ2n) is 10.1. The average molecular weight is 599 g/mol. The fraction of sp³-hybridized carbons (Fsp3) is 0.0270. The molecule has 0 saturated carbocycles. The summed E-state index contributed by atoms with van der Waals surface area (Å²) in [6.07, 6.45) is 0.917. The Morgan fingerprint density at radius 1 is 0.311 bits per heavy atom. The molecular weight excluding hydrogens is 560 g/mol. The van der Waals surface area contributed by atoms with Crippen LogP contribution in [0.5, 0.6) is 23.0 Å². The van der Waals surface area contributed by atoms with Gasteiger partial charge < -0.3 is 43.9 Å². The lowest BCUT2D eigenvalue weighted by molar-refractivity contribution is 0.482. The van der Waals surface area contributed by atoms with Crippen molar-refractivity contribution in [2.45, 2.75) is 6.42 Å². The van der Waals surface area contributed by atoms with Crippen LogP contribution in [0.25, 0.3) is 0 Å². The molecule has 6 aromatic carbocycles. The summed E-state index contributed by atoms with van der Waals surface area (Å²) in [6, 6.07) is 44.9. The summed E-state index contributed by atoms with van der Waals surface area (Å²) in [6.45, 7) is 0. The molecule has 8 heteroatoms. The summed E-state index contributed by atoms with van der Waals surface area (Å²) in [5.41, 5.74) is 40.6. The van der Waals surface area contributed by atoms with Crippen LogP contribution in [0.3, 0.4) is 0 Å². The molecule has 0 saturated heterocycles. The molecule has 0 aliphatic rings. The molecule has 0 radical (unpaired) electrons. The van der Waals surface area contributed by atoms with E-state index < -0.39 is 0 Å². The number of rotatable bonds is 6. The average Bonchev–Trinajstić information content (AvgIpc) is 3.04. The van der Waals surface area contributed by atoms with Crippen LogP contribution < -0.4 is 43.9 Å². The smallest absolute Gasteiger partial charge is 0.129 e. The van der Waals surface area contributed by atoms with Crippen molar-refractivity contribution in [2.24, 2.45) is 0 Å². The van der Waals surface area contributed by atoms with Gasteiger partial charge in [0.1, 0.15) is 23.0 Å².